The van der Waals surface area contributed by atoms with Gasteiger partial charge in [0, 0.05) is 19.2 Å². The van der Waals surface area contributed by atoms with E-state index in [0.29, 0.717) is 5.69 Å². The molecule has 2 heterocycles. The molecule has 6 heteroatoms. The highest BCUT2D eigenvalue weighted by atomic mass is 19.1. The number of benzene rings is 1. The number of pyridine rings is 1. The molecule has 0 saturated carbocycles. The van der Waals surface area contributed by atoms with Crippen LogP contribution in [-0.2, 0) is 9.59 Å². The second kappa shape index (κ2) is 5.93. The molecular weight excluding hydrogens is 285 g/mol. The van der Waals surface area contributed by atoms with Gasteiger partial charge in [-0.15, -0.1) is 0 Å². The fourth-order valence-corrected chi connectivity index (χ4v) is 2.47. The molecule has 1 fully saturated rings. The number of rotatable bonds is 3. The molecule has 0 aliphatic carbocycles. The van der Waals surface area contributed by atoms with Crippen LogP contribution in [0.2, 0.25) is 0 Å². The van der Waals surface area contributed by atoms with Crippen LogP contribution in [0.5, 0.6) is 0 Å². The second-order valence-electron chi connectivity index (χ2n) is 5.09. The number of para-hydroxylation sites is 1. The van der Waals surface area contributed by atoms with Crippen LogP contribution in [0.25, 0.3) is 0 Å². The van der Waals surface area contributed by atoms with Crippen LogP contribution in [0.4, 0.5) is 15.8 Å². The summed E-state index contributed by atoms with van der Waals surface area (Å²) in [5.41, 5.74) is 0.786. The number of nitrogens with zero attached hydrogens (tertiary/aromatic N) is 2. The molecule has 2 aromatic rings. The van der Waals surface area contributed by atoms with Gasteiger partial charge < -0.3 is 10.2 Å². The molecule has 0 spiro atoms. The van der Waals surface area contributed by atoms with Gasteiger partial charge in [0.25, 0.3) is 0 Å². The molecule has 5 nitrogen and oxygen atoms in total. The minimum atomic E-state index is -0.507. The molecule has 3 rings (SSSR count). The maximum atomic E-state index is 13.8. The number of aromatic nitrogens is 1. The van der Waals surface area contributed by atoms with Gasteiger partial charge in [0.05, 0.1) is 23.5 Å². The third-order valence-corrected chi connectivity index (χ3v) is 3.57. The largest absolute Gasteiger partial charge is 0.324 e. The van der Waals surface area contributed by atoms with Crippen molar-refractivity contribution < 1.29 is 14.0 Å². The van der Waals surface area contributed by atoms with Crippen molar-refractivity contribution in [2.24, 2.45) is 5.92 Å². The molecule has 2 amide bonds. The van der Waals surface area contributed by atoms with E-state index in [-0.39, 0.29) is 30.5 Å². The highest BCUT2D eigenvalue weighted by Gasteiger charge is 2.36. The van der Waals surface area contributed by atoms with Crippen molar-refractivity contribution in [3.05, 3.63) is 54.6 Å². The van der Waals surface area contributed by atoms with E-state index >= 15 is 0 Å². The number of halogens is 1. The minimum Gasteiger partial charge on any atom is -0.324 e. The van der Waals surface area contributed by atoms with Crippen LogP contribution < -0.4 is 10.2 Å². The molecule has 0 unspecified atom stereocenters. The van der Waals surface area contributed by atoms with Gasteiger partial charge in [0.2, 0.25) is 11.8 Å². The molecule has 1 atom stereocenters. The fourth-order valence-electron chi connectivity index (χ4n) is 2.47. The quantitative estimate of drug-likeness (QED) is 0.945. The predicted octanol–water partition coefficient (Wildman–Crippen LogP) is 2.21. The molecule has 1 aliphatic heterocycles. The molecule has 0 bridgehead atoms. The van der Waals surface area contributed by atoms with E-state index in [9.17, 15) is 14.0 Å². The van der Waals surface area contributed by atoms with E-state index in [4.69, 9.17) is 0 Å². The zero-order valence-corrected chi connectivity index (χ0v) is 11.7. The first kappa shape index (κ1) is 14.2. The first-order valence-corrected chi connectivity index (χ1v) is 6.91. The molecule has 1 aromatic heterocycles. The van der Waals surface area contributed by atoms with Crippen molar-refractivity contribution in [3.63, 3.8) is 0 Å². The van der Waals surface area contributed by atoms with Crippen LogP contribution in [0.15, 0.2) is 48.8 Å². The van der Waals surface area contributed by atoms with Crippen molar-refractivity contribution in [1.29, 1.82) is 0 Å². The van der Waals surface area contributed by atoms with Gasteiger partial charge in [-0.3, -0.25) is 14.6 Å². The Bertz CT molecular complexity index is 706. The molecule has 1 aliphatic rings. The van der Waals surface area contributed by atoms with Crippen LogP contribution in [0.1, 0.15) is 6.42 Å². The Morgan fingerprint density at radius 1 is 1.27 bits per heavy atom. The van der Waals surface area contributed by atoms with Gasteiger partial charge >= 0.3 is 0 Å². The normalized spacial score (nSPS) is 17.6. The van der Waals surface area contributed by atoms with Crippen LogP contribution >= 0.6 is 0 Å². The maximum absolute atomic E-state index is 13.8. The lowest BCUT2D eigenvalue weighted by molar-refractivity contribution is -0.122. The number of hydrogen-bond donors (Lipinski definition) is 1. The van der Waals surface area contributed by atoms with Crippen molar-refractivity contribution >= 4 is 23.2 Å². The first-order valence-electron chi connectivity index (χ1n) is 6.91. The maximum Gasteiger partial charge on any atom is 0.229 e. The number of carbonyl (C=O) groups excluding carboxylic acids is 2. The summed E-state index contributed by atoms with van der Waals surface area (Å²) in [7, 11) is 0. The van der Waals surface area contributed by atoms with Crippen molar-refractivity contribution in [2.75, 3.05) is 16.8 Å². The summed E-state index contributed by atoms with van der Waals surface area (Å²) in [6.07, 6.45) is 3.21. The highest BCUT2D eigenvalue weighted by Crippen LogP contribution is 2.27. The summed E-state index contributed by atoms with van der Waals surface area (Å²) in [5, 5.41) is 2.72. The molecule has 0 radical (unpaired) electrons. The Morgan fingerprint density at radius 2 is 2.09 bits per heavy atom. The number of nitrogens with one attached hydrogen (secondary N) is 1. The summed E-state index contributed by atoms with van der Waals surface area (Å²) in [5.74, 6) is -1.49. The Labute approximate surface area is 126 Å². The molecule has 1 N–H and O–H groups in total. The molecule has 22 heavy (non-hydrogen) atoms. The van der Waals surface area contributed by atoms with E-state index in [1.54, 1.807) is 30.5 Å². The van der Waals surface area contributed by atoms with Crippen molar-refractivity contribution in [1.82, 2.24) is 4.98 Å². The number of hydrogen-bond acceptors (Lipinski definition) is 3. The van der Waals surface area contributed by atoms with Crippen molar-refractivity contribution in [3.8, 4) is 0 Å². The Hall–Kier alpha value is -2.76. The van der Waals surface area contributed by atoms with E-state index in [2.05, 4.69) is 10.3 Å². The Morgan fingerprint density at radius 3 is 2.82 bits per heavy atom. The Kier molecular flexibility index (Phi) is 3.82. The van der Waals surface area contributed by atoms with E-state index < -0.39 is 11.7 Å². The first-order chi connectivity index (χ1) is 10.6. The Balaban J connectivity index is 1.72. The van der Waals surface area contributed by atoms with E-state index in [0.717, 1.165) is 0 Å². The van der Waals surface area contributed by atoms with Gasteiger partial charge in [-0.1, -0.05) is 12.1 Å². The van der Waals surface area contributed by atoms with Gasteiger partial charge in [-0.2, -0.15) is 0 Å². The standard InChI is InChI=1S/C16H14FN3O2/c17-13-5-1-2-6-14(13)20-10-11(8-15(20)21)16(22)19-12-4-3-7-18-9-12/h1-7,9,11H,8,10H2,(H,19,22)/t11-/m1/s1. The second-order valence-corrected chi connectivity index (χ2v) is 5.09. The summed E-state index contributed by atoms with van der Waals surface area (Å²) in [6.45, 7) is 0.172. The van der Waals surface area contributed by atoms with Gasteiger partial charge in [0.15, 0.2) is 0 Å². The summed E-state index contributed by atoms with van der Waals surface area (Å²) >= 11 is 0. The zero-order chi connectivity index (χ0) is 15.5. The number of anilines is 2. The summed E-state index contributed by atoms with van der Waals surface area (Å²) < 4.78 is 13.8. The lowest BCUT2D eigenvalue weighted by atomic mass is 10.1. The lowest BCUT2D eigenvalue weighted by Crippen LogP contribution is -2.28. The van der Waals surface area contributed by atoms with E-state index in [1.807, 2.05) is 0 Å². The van der Waals surface area contributed by atoms with Crippen molar-refractivity contribution in [2.45, 2.75) is 6.42 Å². The van der Waals surface area contributed by atoms with Crippen LogP contribution in [-0.4, -0.2) is 23.3 Å². The average molecular weight is 299 g/mol. The molecule has 112 valence electrons. The monoisotopic (exact) mass is 299 g/mol. The molecule has 1 aromatic carbocycles. The molecule has 1 saturated heterocycles. The topological polar surface area (TPSA) is 62.3 Å². The fraction of sp³-hybridized carbons (Fsp3) is 0.188. The van der Waals surface area contributed by atoms with Gasteiger partial charge in [-0.05, 0) is 24.3 Å². The SMILES string of the molecule is O=C(Nc1cccnc1)[C@@H]1CC(=O)N(c2ccccc2F)C1. The smallest absolute Gasteiger partial charge is 0.229 e. The van der Waals surface area contributed by atoms with Crippen LogP contribution in [0, 0.1) is 11.7 Å². The highest BCUT2D eigenvalue weighted by molar-refractivity contribution is 6.03. The third-order valence-electron chi connectivity index (χ3n) is 3.57. The minimum absolute atomic E-state index is 0.0699. The summed E-state index contributed by atoms with van der Waals surface area (Å²) in [4.78, 5) is 29.5. The average Bonchev–Trinajstić information content (AvgIpc) is 2.91. The zero-order valence-electron chi connectivity index (χ0n) is 11.7. The third kappa shape index (κ3) is 2.81. The van der Waals surface area contributed by atoms with Gasteiger partial charge in [-0.25, -0.2) is 4.39 Å². The van der Waals surface area contributed by atoms with E-state index in [1.165, 1.54) is 23.2 Å². The number of amides is 2. The summed E-state index contributed by atoms with van der Waals surface area (Å²) in [6, 6.07) is 9.48. The number of carbonyl (C=O) groups is 2. The molecular formula is C16H14FN3O2. The van der Waals surface area contributed by atoms with Gasteiger partial charge in [0.1, 0.15) is 5.82 Å². The predicted molar refractivity (Wildman–Crippen MR) is 79.7 cm³/mol. The van der Waals surface area contributed by atoms with Crippen LogP contribution in [0.3, 0.4) is 0 Å². The lowest BCUT2D eigenvalue weighted by Gasteiger charge is -2.17.